The third-order valence-corrected chi connectivity index (χ3v) is 15.2. The first-order valence-corrected chi connectivity index (χ1v) is 35.4. The molecule has 0 aliphatic carbocycles. The van der Waals surface area contributed by atoms with Gasteiger partial charge in [-0.05, 0) is 122 Å². The van der Waals surface area contributed by atoms with Gasteiger partial charge < -0.3 is 14.2 Å². The molecule has 0 spiro atoms. The fraction of sp³-hybridized carbons (Fsp3) is 0.727. The van der Waals surface area contributed by atoms with Gasteiger partial charge in [-0.1, -0.05) is 310 Å². The molecule has 6 heteroatoms. The molecule has 0 amide bonds. The van der Waals surface area contributed by atoms with Crippen LogP contribution in [0.3, 0.4) is 0 Å². The SMILES string of the molecule is CC/C=C\C/C=C\C/C=C\C/C=C\C/C=C\CCCCCCCCCCCCCC(=O)OCC(COC(=O)CCCCCCC/C=C\C/C=C\CCC)OC(=O)CCCCCCCCCCCCCCC/C=C\C/C=C\CCCCCCC. The lowest BCUT2D eigenvalue weighted by atomic mass is 10.0. The number of hydrogen-bond donors (Lipinski definition) is 0. The molecule has 0 N–H and O–H groups in total. The van der Waals surface area contributed by atoms with E-state index in [2.05, 4.69) is 130 Å². The minimum Gasteiger partial charge on any atom is -0.462 e. The van der Waals surface area contributed by atoms with Crippen molar-refractivity contribution in [2.75, 3.05) is 13.2 Å². The van der Waals surface area contributed by atoms with Crippen LogP contribution in [0.15, 0.2) is 109 Å². The molecule has 0 rings (SSSR count). The van der Waals surface area contributed by atoms with Crippen molar-refractivity contribution in [3.8, 4) is 0 Å². The van der Waals surface area contributed by atoms with Crippen LogP contribution in [0, 0.1) is 0 Å². The Morgan fingerprint density at radius 3 is 0.783 bits per heavy atom. The van der Waals surface area contributed by atoms with Crippen molar-refractivity contribution in [2.45, 2.75) is 348 Å². The molecule has 476 valence electrons. The molecule has 0 aliphatic rings. The van der Waals surface area contributed by atoms with Crippen molar-refractivity contribution in [1.82, 2.24) is 0 Å². The van der Waals surface area contributed by atoms with Crippen LogP contribution in [0.1, 0.15) is 342 Å². The van der Waals surface area contributed by atoms with Gasteiger partial charge in [-0.25, -0.2) is 0 Å². The van der Waals surface area contributed by atoms with Crippen molar-refractivity contribution in [3.63, 3.8) is 0 Å². The molecule has 83 heavy (non-hydrogen) atoms. The van der Waals surface area contributed by atoms with E-state index in [0.29, 0.717) is 19.3 Å². The molecule has 1 atom stereocenters. The quantitative estimate of drug-likeness (QED) is 0.0261. The monoisotopic (exact) mass is 1150 g/mol. The van der Waals surface area contributed by atoms with Gasteiger partial charge in [-0.15, -0.1) is 0 Å². The number of allylic oxidation sites excluding steroid dienone is 18. The Bertz CT molecular complexity index is 1660. The average molecular weight is 1150 g/mol. The minimum absolute atomic E-state index is 0.0834. The third kappa shape index (κ3) is 68.7. The first kappa shape index (κ1) is 79.1. The first-order valence-electron chi connectivity index (χ1n) is 35.4. The summed E-state index contributed by atoms with van der Waals surface area (Å²) in [6, 6.07) is 0. The van der Waals surface area contributed by atoms with Gasteiger partial charge in [0, 0.05) is 19.3 Å². The van der Waals surface area contributed by atoms with Crippen molar-refractivity contribution < 1.29 is 28.6 Å². The molecular formula is C77H132O6. The Balaban J connectivity index is 4.29. The van der Waals surface area contributed by atoms with E-state index >= 15 is 0 Å². The largest absolute Gasteiger partial charge is 0.462 e. The van der Waals surface area contributed by atoms with Gasteiger partial charge in [0.1, 0.15) is 13.2 Å². The molecule has 6 nitrogen and oxygen atoms in total. The lowest BCUT2D eigenvalue weighted by molar-refractivity contribution is -0.167. The summed E-state index contributed by atoms with van der Waals surface area (Å²) in [4.78, 5) is 38.4. The van der Waals surface area contributed by atoms with Crippen molar-refractivity contribution in [1.29, 1.82) is 0 Å². The lowest BCUT2D eigenvalue weighted by Gasteiger charge is -2.18. The first-order chi connectivity index (χ1) is 41.0. The lowest BCUT2D eigenvalue weighted by Crippen LogP contribution is -2.30. The Morgan fingerprint density at radius 2 is 0.494 bits per heavy atom. The van der Waals surface area contributed by atoms with E-state index in [1.165, 1.54) is 173 Å². The van der Waals surface area contributed by atoms with E-state index < -0.39 is 6.10 Å². The minimum atomic E-state index is -0.788. The highest BCUT2D eigenvalue weighted by Crippen LogP contribution is 2.17. The van der Waals surface area contributed by atoms with Gasteiger partial charge in [0.25, 0.3) is 0 Å². The summed E-state index contributed by atoms with van der Waals surface area (Å²) in [7, 11) is 0. The zero-order chi connectivity index (χ0) is 59.9. The number of carbonyl (C=O) groups excluding carboxylic acids is 3. The average Bonchev–Trinajstić information content (AvgIpc) is 3.49. The fourth-order valence-electron chi connectivity index (χ4n) is 9.95. The van der Waals surface area contributed by atoms with Gasteiger partial charge in [-0.3, -0.25) is 14.4 Å². The van der Waals surface area contributed by atoms with Crippen LogP contribution in [-0.2, 0) is 28.6 Å². The maximum Gasteiger partial charge on any atom is 0.306 e. The second-order valence-electron chi connectivity index (χ2n) is 23.4. The van der Waals surface area contributed by atoms with Crippen molar-refractivity contribution in [2.24, 2.45) is 0 Å². The summed E-state index contributed by atoms with van der Waals surface area (Å²) in [6.45, 7) is 6.47. The Labute approximate surface area is 514 Å². The fourth-order valence-corrected chi connectivity index (χ4v) is 9.95. The van der Waals surface area contributed by atoms with Crippen LogP contribution < -0.4 is 0 Å². The molecule has 0 fully saturated rings. The molecule has 0 aromatic heterocycles. The molecule has 0 aromatic rings. The normalized spacial score (nSPS) is 12.8. The van der Waals surface area contributed by atoms with Crippen LogP contribution in [0.2, 0.25) is 0 Å². The number of hydrogen-bond acceptors (Lipinski definition) is 6. The molecule has 0 aromatic carbocycles. The van der Waals surface area contributed by atoms with Crippen LogP contribution in [0.4, 0.5) is 0 Å². The predicted molar refractivity (Wildman–Crippen MR) is 362 cm³/mol. The standard InChI is InChI=1S/C77H132O6/c1-4-7-10-13-16-19-22-25-27-29-31-33-35-37-38-40-41-43-45-47-49-52-55-58-61-64-67-70-76(79)82-73-74(72-81-75(78)69-66-63-60-57-54-51-24-21-18-15-12-9-6-3)83-77(80)71-68-65-62-59-56-53-50-48-46-44-42-39-36-34-32-30-28-26-23-20-17-14-11-8-5-2/h7,10,12,15-16,19,21,23-27,30-33,37-38,74H,4-6,8-9,11,13-14,17-18,20,22,28-29,34-36,39-73H2,1-3H3/b10-7-,15-12-,19-16-,24-21-,26-23-,27-25-,32-30-,33-31-,38-37-. The molecule has 1 unspecified atom stereocenters. The molecule has 0 radical (unpaired) electrons. The van der Waals surface area contributed by atoms with Gasteiger partial charge in [0.15, 0.2) is 6.10 Å². The molecular weight excluding hydrogens is 1020 g/mol. The van der Waals surface area contributed by atoms with E-state index in [0.717, 1.165) is 128 Å². The van der Waals surface area contributed by atoms with Crippen molar-refractivity contribution in [3.05, 3.63) is 109 Å². The number of rotatable bonds is 64. The molecule has 0 bridgehead atoms. The van der Waals surface area contributed by atoms with E-state index in [4.69, 9.17) is 14.2 Å². The molecule has 0 saturated carbocycles. The van der Waals surface area contributed by atoms with Crippen LogP contribution in [-0.4, -0.2) is 37.2 Å². The number of esters is 3. The van der Waals surface area contributed by atoms with Gasteiger partial charge >= 0.3 is 17.9 Å². The van der Waals surface area contributed by atoms with Gasteiger partial charge in [0.2, 0.25) is 0 Å². The zero-order valence-electron chi connectivity index (χ0n) is 54.7. The topological polar surface area (TPSA) is 78.9 Å². The van der Waals surface area contributed by atoms with E-state index in [-0.39, 0.29) is 31.1 Å². The molecule has 0 saturated heterocycles. The number of unbranched alkanes of at least 4 members (excludes halogenated alkanes) is 35. The Kier molecular flexibility index (Phi) is 67.2. The highest BCUT2D eigenvalue weighted by Gasteiger charge is 2.19. The highest BCUT2D eigenvalue weighted by atomic mass is 16.6. The molecule has 0 aliphatic heterocycles. The third-order valence-electron chi connectivity index (χ3n) is 15.2. The summed E-state index contributed by atoms with van der Waals surface area (Å²) in [5, 5.41) is 0. The second kappa shape index (κ2) is 70.6. The van der Waals surface area contributed by atoms with Crippen LogP contribution in [0.25, 0.3) is 0 Å². The van der Waals surface area contributed by atoms with E-state index in [1.54, 1.807) is 0 Å². The van der Waals surface area contributed by atoms with Gasteiger partial charge in [0.05, 0.1) is 0 Å². The summed E-state index contributed by atoms with van der Waals surface area (Å²) in [5.41, 5.74) is 0. The summed E-state index contributed by atoms with van der Waals surface area (Å²) in [6.07, 6.45) is 96.8. The number of carbonyl (C=O) groups is 3. The maximum absolute atomic E-state index is 13.0. The van der Waals surface area contributed by atoms with Crippen molar-refractivity contribution >= 4 is 17.9 Å². The van der Waals surface area contributed by atoms with Crippen LogP contribution in [0.5, 0.6) is 0 Å². The summed E-state index contributed by atoms with van der Waals surface area (Å²) in [5.74, 6) is -0.888. The molecule has 0 heterocycles. The number of ether oxygens (including phenoxy) is 3. The smallest absolute Gasteiger partial charge is 0.306 e. The van der Waals surface area contributed by atoms with E-state index in [1.807, 2.05) is 0 Å². The Morgan fingerprint density at radius 1 is 0.253 bits per heavy atom. The summed E-state index contributed by atoms with van der Waals surface area (Å²) >= 11 is 0. The maximum atomic E-state index is 13.0. The second-order valence-corrected chi connectivity index (χ2v) is 23.4. The summed E-state index contributed by atoms with van der Waals surface area (Å²) < 4.78 is 17.0. The Hall–Kier alpha value is -3.93. The van der Waals surface area contributed by atoms with E-state index in [9.17, 15) is 14.4 Å². The highest BCUT2D eigenvalue weighted by molar-refractivity contribution is 5.71. The predicted octanol–water partition coefficient (Wildman–Crippen LogP) is 24.6. The zero-order valence-corrected chi connectivity index (χ0v) is 54.7. The van der Waals surface area contributed by atoms with Crippen LogP contribution >= 0.6 is 0 Å². The van der Waals surface area contributed by atoms with Gasteiger partial charge in [-0.2, -0.15) is 0 Å².